The van der Waals surface area contributed by atoms with Crippen LogP contribution in [-0.2, 0) is 15.1 Å². The van der Waals surface area contributed by atoms with Crippen LogP contribution >= 0.6 is 11.3 Å². The van der Waals surface area contributed by atoms with Crippen molar-refractivity contribution in [3.8, 4) is 0 Å². The molecule has 152 valence electrons. The van der Waals surface area contributed by atoms with Gasteiger partial charge < -0.3 is 20.9 Å². The van der Waals surface area contributed by atoms with Gasteiger partial charge in [-0.3, -0.25) is 0 Å². The average Bonchev–Trinajstić information content (AvgIpc) is 3.16. The lowest BCUT2D eigenvalue weighted by atomic mass is 9.94. The van der Waals surface area contributed by atoms with Crippen LogP contribution in [0.15, 0.2) is 59.6 Å². The van der Waals surface area contributed by atoms with Gasteiger partial charge in [-0.15, -0.1) is 11.3 Å². The summed E-state index contributed by atoms with van der Waals surface area (Å²) in [5.41, 5.74) is 3.26. The third-order valence-electron chi connectivity index (χ3n) is 3.92. The van der Waals surface area contributed by atoms with Crippen molar-refractivity contribution >= 4 is 17.3 Å². The Kier molecular flexibility index (Phi) is 7.22. The van der Waals surface area contributed by atoms with Gasteiger partial charge in [0, 0.05) is 23.1 Å². The summed E-state index contributed by atoms with van der Waals surface area (Å²) in [6.45, 7) is 1.63. The lowest BCUT2D eigenvalue weighted by molar-refractivity contribution is -0.265. The van der Waals surface area contributed by atoms with E-state index in [0.29, 0.717) is 5.56 Å². The van der Waals surface area contributed by atoms with Gasteiger partial charge in [0.15, 0.2) is 5.60 Å². The molecule has 2 atom stereocenters. The Bertz CT molecular complexity index is 795. The number of carbonyl (C=O) groups is 1. The molecule has 0 aliphatic rings. The van der Waals surface area contributed by atoms with E-state index in [1.807, 2.05) is 0 Å². The monoisotopic (exact) mass is 414 g/mol. The van der Waals surface area contributed by atoms with Crippen molar-refractivity contribution in [2.24, 2.45) is 5.73 Å². The number of nitrogens with one attached hydrogen (secondary N) is 1. The third-order valence-corrected chi connectivity index (χ3v) is 4.94. The quantitative estimate of drug-likeness (QED) is 0.349. The van der Waals surface area contributed by atoms with Crippen molar-refractivity contribution < 1.29 is 27.8 Å². The fourth-order valence-corrected chi connectivity index (χ4v) is 3.37. The lowest BCUT2D eigenvalue weighted by Crippen LogP contribution is -2.44. The first-order chi connectivity index (χ1) is 13.2. The molecular weight excluding hydrogens is 393 g/mol. The average molecular weight is 414 g/mol. The third kappa shape index (κ3) is 5.34. The zero-order valence-corrected chi connectivity index (χ0v) is 15.9. The lowest BCUT2D eigenvalue weighted by Gasteiger charge is -2.31. The summed E-state index contributed by atoms with van der Waals surface area (Å²) in [6.07, 6.45) is -5.89. The van der Waals surface area contributed by atoms with Crippen LogP contribution in [0.5, 0.6) is 0 Å². The predicted octanol–water partition coefficient (Wildman–Crippen LogP) is 3.58. The molecule has 0 radical (unpaired) electrons. The molecule has 0 spiro atoms. The highest BCUT2D eigenvalue weighted by Crippen LogP contribution is 2.44. The number of esters is 1. The molecule has 2 aromatic rings. The van der Waals surface area contributed by atoms with E-state index in [0.717, 1.165) is 17.4 Å². The summed E-state index contributed by atoms with van der Waals surface area (Å²) >= 11 is 0.771. The highest BCUT2D eigenvalue weighted by molar-refractivity contribution is 7.10. The van der Waals surface area contributed by atoms with E-state index in [1.54, 1.807) is 37.3 Å². The Balaban J connectivity index is 2.36. The fourth-order valence-electron chi connectivity index (χ4n) is 2.53. The van der Waals surface area contributed by atoms with Gasteiger partial charge in [-0.25, -0.2) is 4.79 Å². The number of thiophene rings is 1. The molecule has 0 aliphatic carbocycles. The van der Waals surface area contributed by atoms with Gasteiger partial charge in [-0.05, 0) is 23.9 Å². The first-order valence-electron chi connectivity index (χ1n) is 8.45. The maximum atomic E-state index is 13.7. The molecule has 0 amide bonds. The molecule has 2 rings (SSSR count). The minimum Gasteiger partial charge on any atom is -0.463 e. The van der Waals surface area contributed by atoms with Gasteiger partial charge in [0.25, 0.3) is 0 Å². The number of aliphatic hydroxyl groups is 1. The summed E-state index contributed by atoms with van der Waals surface area (Å²) in [7, 11) is 0. The molecule has 9 heteroatoms. The normalized spacial score (nSPS) is 15.6. The summed E-state index contributed by atoms with van der Waals surface area (Å²) in [4.78, 5) is 11.6. The topological polar surface area (TPSA) is 84.6 Å². The molecule has 0 aliphatic heterocycles. The van der Waals surface area contributed by atoms with E-state index in [9.17, 15) is 23.1 Å². The number of rotatable bonds is 8. The van der Waals surface area contributed by atoms with Crippen LogP contribution in [0.25, 0.3) is 0 Å². The maximum Gasteiger partial charge on any atom is 0.422 e. The van der Waals surface area contributed by atoms with Crippen LogP contribution < -0.4 is 11.1 Å². The predicted molar refractivity (Wildman–Crippen MR) is 100 cm³/mol. The second-order valence-corrected chi connectivity index (χ2v) is 6.91. The van der Waals surface area contributed by atoms with E-state index >= 15 is 0 Å². The van der Waals surface area contributed by atoms with E-state index < -0.39 is 30.3 Å². The van der Waals surface area contributed by atoms with Crippen LogP contribution in [0.1, 0.15) is 30.0 Å². The van der Waals surface area contributed by atoms with Gasteiger partial charge >= 0.3 is 12.1 Å². The number of hydrogen-bond donors (Lipinski definition) is 3. The second kappa shape index (κ2) is 9.22. The summed E-state index contributed by atoms with van der Waals surface area (Å²) in [6, 6.07) is 11.2. The van der Waals surface area contributed by atoms with Gasteiger partial charge in [0.05, 0.1) is 6.61 Å². The SMILES string of the molecule is CCOC(=O)/C=C(\CC(O)(c1cccs1)C(F)(F)F)N[C@H](N)c1ccccc1. The molecule has 1 aromatic carbocycles. The summed E-state index contributed by atoms with van der Waals surface area (Å²) in [5.74, 6) is -0.832. The summed E-state index contributed by atoms with van der Waals surface area (Å²) in [5, 5.41) is 14.6. The smallest absolute Gasteiger partial charge is 0.422 e. The Morgan fingerprint density at radius 3 is 2.50 bits per heavy atom. The molecule has 28 heavy (non-hydrogen) atoms. The van der Waals surface area contributed by atoms with Crippen molar-refractivity contribution in [3.63, 3.8) is 0 Å². The molecule has 5 nitrogen and oxygen atoms in total. The van der Waals surface area contributed by atoms with Crippen molar-refractivity contribution in [2.75, 3.05) is 6.61 Å². The Labute approximate surface area is 164 Å². The number of nitrogens with two attached hydrogens (primary N) is 1. The van der Waals surface area contributed by atoms with Crippen molar-refractivity contribution in [3.05, 3.63) is 70.1 Å². The van der Waals surface area contributed by atoms with Crippen molar-refractivity contribution in [1.29, 1.82) is 0 Å². The number of halogens is 3. The van der Waals surface area contributed by atoms with Crippen LogP contribution in [-0.4, -0.2) is 23.9 Å². The molecule has 0 fully saturated rings. The van der Waals surface area contributed by atoms with Crippen LogP contribution in [0.2, 0.25) is 0 Å². The molecular formula is C19H21F3N2O3S. The Morgan fingerprint density at radius 2 is 1.96 bits per heavy atom. The van der Waals surface area contributed by atoms with Crippen LogP contribution in [0, 0.1) is 0 Å². The number of benzene rings is 1. The number of hydrogen-bond acceptors (Lipinski definition) is 6. The standard InChI is InChI=1S/C19H21F3N2O3S/c1-2-27-16(25)11-14(24-17(23)13-7-4-3-5-8-13)12-18(26,19(20,21)22)15-9-6-10-28-15/h3-11,17,24,26H,2,12,23H2,1H3/b14-11+/t17-,18?/m0/s1. The minimum atomic E-state index is -4.97. The zero-order chi connectivity index (χ0) is 20.8. The molecule has 4 N–H and O–H groups in total. The number of alkyl halides is 3. The van der Waals surface area contributed by atoms with E-state index in [1.165, 1.54) is 17.5 Å². The van der Waals surface area contributed by atoms with Gasteiger partial charge in [0.2, 0.25) is 0 Å². The highest BCUT2D eigenvalue weighted by atomic mass is 32.1. The van der Waals surface area contributed by atoms with Crippen molar-refractivity contribution in [1.82, 2.24) is 5.32 Å². The van der Waals surface area contributed by atoms with E-state index in [4.69, 9.17) is 10.5 Å². The highest BCUT2D eigenvalue weighted by Gasteiger charge is 2.56. The largest absolute Gasteiger partial charge is 0.463 e. The van der Waals surface area contributed by atoms with E-state index in [2.05, 4.69) is 5.32 Å². The molecule has 0 saturated heterocycles. The molecule has 1 aromatic heterocycles. The van der Waals surface area contributed by atoms with Crippen molar-refractivity contribution in [2.45, 2.75) is 31.3 Å². The first-order valence-corrected chi connectivity index (χ1v) is 9.33. The molecule has 0 bridgehead atoms. The summed E-state index contributed by atoms with van der Waals surface area (Å²) < 4.78 is 46.0. The first kappa shape index (κ1) is 21.9. The number of carbonyl (C=O) groups excluding carboxylic acids is 1. The number of ether oxygens (including phenoxy) is 1. The maximum absolute atomic E-state index is 13.7. The van der Waals surface area contributed by atoms with Crippen LogP contribution in [0.3, 0.4) is 0 Å². The van der Waals surface area contributed by atoms with E-state index in [-0.39, 0.29) is 17.2 Å². The van der Waals surface area contributed by atoms with Gasteiger partial charge in [-0.2, -0.15) is 13.2 Å². The minimum absolute atomic E-state index is 0.0574. The molecule has 0 saturated carbocycles. The Morgan fingerprint density at radius 1 is 1.29 bits per heavy atom. The molecule has 1 unspecified atom stereocenters. The van der Waals surface area contributed by atoms with Crippen LogP contribution in [0.4, 0.5) is 13.2 Å². The Hall–Kier alpha value is -2.36. The second-order valence-electron chi connectivity index (χ2n) is 5.97. The fraction of sp³-hybridized carbons (Fsp3) is 0.316. The zero-order valence-electron chi connectivity index (χ0n) is 15.1. The van der Waals surface area contributed by atoms with Gasteiger partial charge in [-0.1, -0.05) is 36.4 Å². The van der Waals surface area contributed by atoms with Gasteiger partial charge in [0.1, 0.15) is 6.17 Å². The molecule has 1 heterocycles.